The molecule has 0 aliphatic rings. The number of hydrogen-bond acceptors (Lipinski definition) is 6. The maximum absolute atomic E-state index is 13.3. The lowest BCUT2D eigenvalue weighted by atomic mass is 10.0. The van der Waals surface area contributed by atoms with E-state index in [1.807, 2.05) is 24.3 Å². The molecule has 3 aromatic carbocycles. The molecule has 0 fully saturated rings. The molecular weight excluding hydrogens is 425 g/mol. The Morgan fingerprint density at radius 2 is 1.91 bits per heavy atom. The van der Waals surface area contributed by atoms with Crippen LogP contribution in [0.25, 0.3) is 16.5 Å². The predicted molar refractivity (Wildman–Crippen MR) is 120 cm³/mol. The second-order valence-electron chi connectivity index (χ2n) is 7.07. The number of carbonyl (C=O) groups excluding carboxylic acids is 1. The van der Waals surface area contributed by atoms with Gasteiger partial charge in [-0.15, -0.1) is 0 Å². The molecule has 0 saturated heterocycles. The summed E-state index contributed by atoms with van der Waals surface area (Å²) in [7, 11) is 0. The Morgan fingerprint density at radius 1 is 1.18 bits per heavy atom. The van der Waals surface area contributed by atoms with Gasteiger partial charge in [0.2, 0.25) is 0 Å². The summed E-state index contributed by atoms with van der Waals surface area (Å²) in [6.45, 7) is 1.43. The third kappa shape index (κ3) is 4.05. The maximum Gasteiger partial charge on any atom is 0.292 e. The van der Waals surface area contributed by atoms with Crippen molar-refractivity contribution in [1.29, 1.82) is 5.26 Å². The molecule has 33 heavy (non-hydrogen) atoms. The van der Waals surface area contributed by atoms with Crippen LogP contribution in [-0.4, -0.2) is 27.0 Å². The van der Waals surface area contributed by atoms with Gasteiger partial charge in [-0.1, -0.05) is 30.3 Å². The van der Waals surface area contributed by atoms with Gasteiger partial charge in [-0.05, 0) is 48.0 Å². The van der Waals surface area contributed by atoms with E-state index in [0.717, 1.165) is 27.6 Å². The average molecular weight is 441 g/mol. The van der Waals surface area contributed by atoms with Crippen LogP contribution in [0.15, 0.2) is 70.6 Å². The Morgan fingerprint density at radius 3 is 2.64 bits per heavy atom. The predicted octanol–water partition coefficient (Wildman–Crippen LogP) is 3.17. The standard InChI is InChI=1S/C24H16FN5O3/c1-14-19(12-26)24(33)30(17-9-7-16(25)8-10-17)29-22(14)23(32)28-27-13-20-18-5-3-2-4-15(18)6-11-21(20)31/h2-11,13,31H,1H3,(H,28,32). The summed E-state index contributed by atoms with van der Waals surface area (Å²) in [4.78, 5) is 25.4. The topological polar surface area (TPSA) is 120 Å². The Kier molecular flexibility index (Phi) is 5.66. The quantitative estimate of drug-likeness (QED) is 0.372. The van der Waals surface area contributed by atoms with Gasteiger partial charge in [0.25, 0.3) is 11.5 Å². The SMILES string of the molecule is Cc1c(C(=O)NN=Cc2c(O)ccc3ccccc23)nn(-c2ccc(F)cc2)c(=O)c1C#N. The molecular formula is C24H16FN5O3. The summed E-state index contributed by atoms with van der Waals surface area (Å²) in [6.07, 6.45) is 1.30. The van der Waals surface area contributed by atoms with Crippen molar-refractivity contribution in [2.45, 2.75) is 6.92 Å². The first-order valence-corrected chi connectivity index (χ1v) is 9.75. The fourth-order valence-electron chi connectivity index (χ4n) is 3.34. The van der Waals surface area contributed by atoms with E-state index in [2.05, 4.69) is 15.6 Å². The van der Waals surface area contributed by atoms with Crippen molar-refractivity contribution in [1.82, 2.24) is 15.2 Å². The van der Waals surface area contributed by atoms with E-state index in [0.29, 0.717) is 5.56 Å². The van der Waals surface area contributed by atoms with Crippen LogP contribution in [0, 0.1) is 24.1 Å². The molecule has 1 amide bonds. The maximum atomic E-state index is 13.3. The third-order valence-electron chi connectivity index (χ3n) is 5.04. The molecule has 0 atom stereocenters. The number of phenolic OH excluding ortho intramolecular Hbond substituents is 1. The van der Waals surface area contributed by atoms with Crippen molar-refractivity contribution in [3.8, 4) is 17.5 Å². The smallest absolute Gasteiger partial charge is 0.292 e. The highest BCUT2D eigenvalue weighted by atomic mass is 19.1. The van der Waals surface area contributed by atoms with Crippen LogP contribution in [0.2, 0.25) is 0 Å². The van der Waals surface area contributed by atoms with Gasteiger partial charge in [0.1, 0.15) is 23.2 Å². The highest BCUT2D eigenvalue weighted by molar-refractivity contribution is 6.03. The van der Waals surface area contributed by atoms with Crippen molar-refractivity contribution in [3.05, 3.63) is 99.2 Å². The molecule has 162 valence electrons. The van der Waals surface area contributed by atoms with Crippen molar-refractivity contribution >= 4 is 22.9 Å². The Balaban J connectivity index is 1.70. The number of carbonyl (C=O) groups is 1. The van der Waals surface area contributed by atoms with Crippen molar-refractivity contribution in [2.24, 2.45) is 5.10 Å². The molecule has 0 spiro atoms. The molecule has 9 heteroatoms. The van der Waals surface area contributed by atoms with Crippen LogP contribution in [0.3, 0.4) is 0 Å². The van der Waals surface area contributed by atoms with Crippen molar-refractivity contribution in [2.75, 3.05) is 0 Å². The van der Waals surface area contributed by atoms with E-state index in [1.165, 1.54) is 31.3 Å². The van der Waals surface area contributed by atoms with Gasteiger partial charge in [-0.3, -0.25) is 9.59 Å². The number of fused-ring (bicyclic) bond motifs is 1. The zero-order valence-corrected chi connectivity index (χ0v) is 17.3. The van der Waals surface area contributed by atoms with Crippen LogP contribution < -0.4 is 11.0 Å². The first-order chi connectivity index (χ1) is 15.9. The zero-order chi connectivity index (χ0) is 23.5. The van der Waals surface area contributed by atoms with E-state index in [9.17, 15) is 24.3 Å². The normalized spacial score (nSPS) is 10.9. The number of benzene rings is 3. The van der Waals surface area contributed by atoms with Crippen LogP contribution in [-0.2, 0) is 0 Å². The molecule has 0 aliphatic carbocycles. The number of hydrazone groups is 1. The lowest BCUT2D eigenvalue weighted by molar-refractivity contribution is 0.0947. The number of hydrogen-bond donors (Lipinski definition) is 2. The van der Waals surface area contributed by atoms with Gasteiger partial charge in [-0.2, -0.15) is 20.1 Å². The summed E-state index contributed by atoms with van der Waals surface area (Å²) in [6, 6.07) is 17.3. The molecule has 1 heterocycles. The Labute approximate surface area is 186 Å². The lowest BCUT2D eigenvalue weighted by Crippen LogP contribution is -2.31. The Bertz CT molecular complexity index is 1520. The van der Waals surface area contributed by atoms with Crippen molar-refractivity contribution in [3.63, 3.8) is 0 Å². The zero-order valence-electron chi connectivity index (χ0n) is 17.3. The minimum Gasteiger partial charge on any atom is -0.507 e. The molecule has 1 aromatic heterocycles. The lowest BCUT2D eigenvalue weighted by Gasteiger charge is -2.10. The van der Waals surface area contributed by atoms with Crippen LogP contribution >= 0.6 is 0 Å². The van der Waals surface area contributed by atoms with Crippen LogP contribution in [0.5, 0.6) is 5.75 Å². The van der Waals surface area contributed by atoms with Gasteiger partial charge < -0.3 is 5.11 Å². The number of nitrogens with one attached hydrogen (secondary N) is 1. The van der Waals surface area contributed by atoms with E-state index in [1.54, 1.807) is 12.1 Å². The van der Waals surface area contributed by atoms with Crippen LogP contribution in [0.1, 0.15) is 27.2 Å². The molecule has 0 bridgehead atoms. The number of halogens is 1. The summed E-state index contributed by atoms with van der Waals surface area (Å²) >= 11 is 0. The van der Waals surface area contributed by atoms with Crippen LogP contribution in [0.4, 0.5) is 4.39 Å². The van der Waals surface area contributed by atoms with E-state index < -0.39 is 17.3 Å². The number of amides is 1. The van der Waals surface area contributed by atoms with E-state index >= 15 is 0 Å². The number of rotatable bonds is 4. The summed E-state index contributed by atoms with van der Waals surface area (Å²) in [5.74, 6) is -1.29. The Hall–Kier alpha value is -4.84. The number of aromatic hydroxyl groups is 1. The van der Waals surface area contributed by atoms with E-state index in [-0.39, 0.29) is 28.3 Å². The van der Waals surface area contributed by atoms with E-state index in [4.69, 9.17) is 0 Å². The molecule has 0 saturated carbocycles. The highest BCUT2D eigenvalue weighted by Crippen LogP contribution is 2.25. The summed E-state index contributed by atoms with van der Waals surface area (Å²) < 4.78 is 14.1. The largest absolute Gasteiger partial charge is 0.507 e. The van der Waals surface area contributed by atoms with Gasteiger partial charge in [-0.25, -0.2) is 9.82 Å². The van der Waals surface area contributed by atoms with Gasteiger partial charge in [0, 0.05) is 11.1 Å². The molecule has 4 rings (SSSR count). The molecule has 4 aromatic rings. The van der Waals surface area contributed by atoms with Gasteiger partial charge >= 0.3 is 0 Å². The molecule has 8 nitrogen and oxygen atoms in total. The average Bonchev–Trinajstić information content (AvgIpc) is 2.81. The second-order valence-corrected chi connectivity index (χ2v) is 7.07. The fraction of sp³-hybridized carbons (Fsp3) is 0.0417. The number of aromatic nitrogens is 2. The monoisotopic (exact) mass is 441 g/mol. The third-order valence-corrected chi connectivity index (χ3v) is 5.04. The van der Waals surface area contributed by atoms with Gasteiger partial charge in [0.05, 0.1) is 11.9 Å². The highest BCUT2D eigenvalue weighted by Gasteiger charge is 2.20. The second kappa shape index (κ2) is 8.72. The summed E-state index contributed by atoms with van der Waals surface area (Å²) in [5, 5.41) is 29.2. The summed E-state index contributed by atoms with van der Waals surface area (Å²) in [5.41, 5.74) is 1.79. The number of nitriles is 1. The molecule has 0 radical (unpaired) electrons. The molecule has 2 N–H and O–H groups in total. The molecule has 0 aliphatic heterocycles. The number of nitrogens with zero attached hydrogens (tertiary/aromatic N) is 4. The minimum absolute atomic E-state index is 0.0161. The first kappa shape index (κ1) is 21.4. The first-order valence-electron chi connectivity index (χ1n) is 9.75. The van der Waals surface area contributed by atoms with Crippen molar-refractivity contribution < 1.29 is 14.3 Å². The minimum atomic E-state index is -0.768. The number of phenols is 1. The fourth-order valence-corrected chi connectivity index (χ4v) is 3.34. The molecule has 0 unspecified atom stereocenters. The van der Waals surface area contributed by atoms with Gasteiger partial charge in [0.15, 0.2) is 5.69 Å².